The van der Waals surface area contributed by atoms with Gasteiger partial charge in [0.2, 0.25) is 0 Å². The molecule has 0 spiro atoms. The zero-order valence-corrected chi connectivity index (χ0v) is 7.48. The average molecular weight is 160 g/mol. The molecule has 0 bridgehead atoms. The zero-order valence-electron chi connectivity index (χ0n) is 7.48. The molecule has 0 fully saturated rings. The molecular formula is C7H20N4. The van der Waals surface area contributed by atoms with E-state index < -0.39 is 0 Å². The topological polar surface area (TPSA) is 87.9 Å². The summed E-state index contributed by atoms with van der Waals surface area (Å²) in [5.74, 6) is 0. The Morgan fingerprint density at radius 3 is 1.64 bits per heavy atom. The van der Waals surface area contributed by atoms with Crippen molar-refractivity contribution in [1.29, 1.82) is 5.41 Å². The van der Waals surface area contributed by atoms with Crippen LogP contribution in [0.1, 0.15) is 13.8 Å². The van der Waals surface area contributed by atoms with Gasteiger partial charge >= 0.3 is 0 Å². The van der Waals surface area contributed by atoms with Crippen molar-refractivity contribution in [3.8, 4) is 0 Å². The Kier molecular flexibility index (Phi) is 14.7. The van der Waals surface area contributed by atoms with Gasteiger partial charge in [-0.3, -0.25) is 0 Å². The van der Waals surface area contributed by atoms with E-state index in [0.717, 1.165) is 13.1 Å². The van der Waals surface area contributed by atoms with E-state index >= 15 is 0 Å². The fourth-order valence-corrected chi connectivity index (χ4v) is 0.329. The van der Waals surface area contributed by atoms with Crippen molar-refractivity contribution in [1.82, 2.24) is 5.32 Å². The molecule has 0 saturated heterocycles. The first-order valence-corrected chi connectivity index (χ1v) is 3.77. The second kappa shape index (κ2) is 12.2. The van der Waals surface area contributed by atoms with Gasteiger partial charge in [0.25, 0.3) is 0 Å². The van der Waals surface area contributed by atoms with Crippen LogP contribution in [0, 0.1) is 5.41 Å². The molecule has 68 valence electrons. The third-order valence-electron chi connectivity index (χ3n) is 0.642. The van der Waals surface area contributed by atoms with E-state index in [4.69, 9.17) is 16.9 Å². The van der Waals surface area contributed by atoms with E-state index in [1.807, 2.05) is 0 Å². The number of nitrogens with one attached hydrogen (secondary N) is 2. The molecule has 0 aromatic carbocycles. The summed E-state index contributed by atoms with van der Waals surface area (Å²) in [7, 11) is 0. The molecule has 4 nitrogen and oxygen atoms in total. The van der Waals surface area contributed by atoms with Crippen molar-refractivity contribution in [3.05, 3.63) is 0 Å². The summed E-state index contributed by atoms with van der Waals surface area (Å²) in [5.41, 5.74) is 11.0. The zero-order chi connectivity index (χ0) is 9.11. The number of nitrogens with two attached hydrogens (primary N) is 2. The second-order valence-corrected chi connectivity index (χ2v) is 2.33. The summed E-state index contributed by atoms with van der Waals surface area (Å²) in [6.45, 7) is 6.63. The molecule has 0 rings (SSSR count). The third-order valence-corrected chi connectivity index (χ3v) is 0.642. The van der Waals surface area contributed by atoms with Crippen LogP contribution < -0.4 is 16.8 Å². The molecular weight excluding hydrogens is 140 g/mol. The highest BCUT2D eigenvalue weighted by atomic mass is 14.9. The first kappa shape index (κ1) is 13.2. The van der Waals surface area contributed by atoms with Gasteiger partial charge in [-0.15, -0.1) is 0 Å². The minimum Gasteiger partial charge on any atom is -0.329 e. The van der Waals surface area contributed by atoms with Crippen LogP contribution in [0.15, 0.2) is 0 Å². The van der Waals surface area contributed by atoms with Crippen LogP contribution in [0.3, 0.4) is 0 Å². The van der Waals surface area contributed by atoms with E-state index in [1.165, 1.54) is 0 Å². The minimum atomic E-state index is 0.667. The maximum absolute atomic E-state index is 6.50. The van der Waals surface area contributed by atoms with E-state index in [1.54, 1.807) is 13.8 Å². The van der Waals surface area contributed by atoms with E-state index in [2.05, 4.69) is 5.32 Å². The summed E-state index contributed by atoms with van der Waals surface area (Å²) >= 11 is 0. The first-order valence-electron chi connectivity index (χ1n) is 3.77. The predicted octanol–water partition coefficient (Wildman–Crippen LogP) is -0.461. The summed E-state index contributed by atoms with van der Waals surface area (Å²) in [5, 5.41) is 9.53. The van der Waals surface area contributed by atoms with Crippen molar-refractivity contribution in [2.24, 2.45) is 11.5 Å². The van der Waals surface area contributed by atoms with Crippen LogP contribution in [0.25, 0.3) is 0 Å². The van der Waals surface area contributed by atoms with E-state index in [-0.39, 0.29) is 0 Å². The molecule has 0 aromatic heterocycles. The molecule has 6 N–H and O–H groups in total. The lowest BCUT2D eigenvalue weighted by atomic mass is 10.5. The summed E-state index contributed by atoms with van der Waals surface area (Å²) in [6, 6.07) is 0. The highest BCUT2D eigenvalue weighted by Gasteiger charge is 1.76. The molecule has 0 saturated carbocycles. The summed E-state index contributed by atoms with van der Waals surface area (Å²) < 4.78 is 0. The van der Waals surface area contributed by atoms with Crippen LogP contribution in [0.5, 0.6) is 0 Å². The van der Waals surface area contributed by atoms with Crippen molar-refractivity contribution in [2.75, 3.05) is 26.2 Å². The predicted molar refractivity (Wildman–Crippen MR) is 50.1 cm³/mol. The maximum Gasteiger partial charge on any atom is 0.00750 e. The highest BCUT2D eigenvalue weighted by Crippen LogP contribution is 1.52. The summed E-state index contributed by atoms with van der Waals surface area (Å²) in [4.78, 5) is 0. The average Bonchev–Trinajstić information content (AvgIpc) is 1.88. The van der Waals surface area contributed by atoms with Crippen LogP contribution in [0.4, 0.5) is 0 Å². The standard InChI is InChI=1S/C4H13N3.C3H7N/c5-1-3-7-4-2-6;1-3(2)4/h7H,1-6H2;4H,1-2H3. The molecule has 11 heavy (non-hydrogen) atoms. The Morgan fingerprint density at radius 1 is 1.18 bits per heavy atom. The lowest BCUT2D eigenvalue weighted by molar-refractivity contribution is 0.696. The third kappa shape index (κ3) is 43.2. The SMILES string of the molecule is CC(C)=N.NCCNCCN. The molecule has 0 amide bonds. The molecule has 0 aliphatic heterocycles. The van der Waals surface area contributed by atoms with Crippen LogP contribution >= 0.6 is 0 Å². The number of rotatable bonds is 4. The van der Waals surface area contributed by atoms with Gasteiger partial charge in [0.1, 0.15) is 0 Å². The Bertz CT molecular complexity index is 74.5. The lowest BCUT2D eigenvalue weighted by Crippen LogP contribution is -2.27. The van der Waals surface area contributed by atoms with Gasteiger partial charge in [-0.2, -0.15) is 0 Å². The molecule has 0 atom stereocenters. The highest BCUT2D eigenvalue weighted by molar-refractivity contribution is 5.75. The molecule has 0 heterocycles. The normalized spacial score (nSPS) is 8.36. The summed E-state index contributed by atoms with van der Waals surface area (Å²) in [6.07, 6.45) is 0. The molecule has 0 radical (unpaired) electrons. The lowest BCUT2D eigenvalue weighted by Gasteiger charge is -1.95. The van der Waals surface area contributed by atoms with Gasteiger partial charge in [-0.1, -0.05) is 0 Å². The van der Waals surface area contributed by atoms with E-state index in [0.29, 0.717) is 18.8 Å². The second-order valence-electron chi connectivity index (χ2n) is 2.33. The van der Waals surface area contributed by atoms with Crippen LogP contribution in [0.2, 0.25) is 0 Å². The molecule has 0 aliphatic rings. The van der Waals surface area contributed by atoms with Gasteiger partial charge in [0.05, 0.1) is 0 Å². The van der Waals surface area contributed by atoms with E-state index in [9.17, 15) is 0 Å². The van der Waals surface area contributed by atoms with Crippen molar-refractivity contribution < 1.29 is 0 Å². The molecule has 4 heteroatoms. The smallest absolute Gasteiger partial charge is 0.00750 e. The Morgan fingerprint density at radius 2 is 1.45 bits per heavy atom. The number of hydrogen-bond donors (Lipinski definition) is 4. The molecule has 0 aromatic rings. The first-order chi connectivity index (χ1) is 5.15. The molecule has 0 aliphatic carbocycles. The van der Waals surface area contributed by atoms with Gasteiger partial charge in [-0.25, -0.2) is 0 Å². The molecule has 0 unspecified atom stereocenters. The fraction of sp³-hybridized carbons (Fsp3) is 0.857. The monoisotopic (exact) mass is 160 g/mol. The van der Waals surface area contributed by atoms with Gasteiger partial charge < -0.3 is 22.2 Å². The fourth-order valence-electron chi connectivity index (χ4n) is 0.329. The van der Waals surface area contributed by atoms with Gasteiger partial charge in [0, 0.05) is 31.9 Å². The minimum absolute atomic E-state index is 0.667. The quantitative estimate of drug-likeness (QED) is 0.331. The van der Waals surface area contributed by atoms with Gasteiger partial charge in [0.15, 0.2) is 0 Å². The Hall–Kier alpha value is -0.450. The maximum atomic E-state index is 6.50. The van der Waals surface area contributed by atoms with Crippen LogP contribution in [-0.4, -0.2) is 31.9 Å². The van der Waals surface area contributed by atoms with Crippen LogP contribution in [-0.2, 0) is 0 Å². The van der Waals surface area contributed by atoms with Gasteiger partial charge in [-0.05, 0) is 13.8 Å². The van der Waals surface area contributed by atoms with Crippen molar-refractivity contribution in [3.63, 3.8) is 0 Å². The van der Waals surface area contributed by atoms with Crippen molar-refractivity contribution in [2.45, 2.75) is 13.8 Å². The number of hydrogen-bond acceptors (Lipinski definition) is 4. The Labute approximate surface area is 68.8 Å². The Balaban J connectivity index is 0. The largest absolute Gasteiger partial charge is 0.329 e. The van der Waals surface area contributed by atoms with Crippen molar-refractivity contribution >= 4 is 5.71 Å².